The summed E-state index contributed by atoms with van der Waals surface area (Å²) >= 11 is 0. The Morgan fingerprint density at radius 1 is 1.09 bits per heavy atom. The molecule has 110 valence electrons. The first-order valence-electron chi connectivity index (χ1n) is 7.26. The van der Waals surface area contributed by atoms with Gasteiger partial charge in [-0.2, -0.15) is 0 Å². The van der Waals surface area contributed by atoms with E-state index in [1.165, 1.54) is 0 Å². The number of fused-ring (bicyclic) bond motifs is 2. The largest absolute Gasteiger partial charge is 0.328 e. The van der Waals surface area contributed by atoms with E-state index in [9.17, 15) is 4.79 Å². The van der Waals surface area contributed by atoms with Crippen molar-refractivity contribution < 1.29 is 4.79 Å². The third-order valence-corrected chi connectivity index (χ3v) is 4.04. The van der Waals surface area contributed by atoms with Crippen molar-refractivity contribution in [1.29, 1.82) is 0 Å². The van der Waals surface area contributed by atoms with E-state index in [4.69, 9.17) is 0 Å². The zero-order valence-electron chi connectivity index (χ0n) is 12.2. The van der Waals surface area contributed by atoms with Gasteiger partial charge < -0.3 is 9.47 Å². The molecule has 0 spiro atoms. The number of nitrogens with zero attached hydrogens (tertiary/aromatic N) is 5. The smallest absolute Gasteiger partial charge is 0.272 e. The predicted molar refractivity (Wildman–Crippen MR) is 81.2 cm³/mol. The van der Waals surface area contributed by atoms with Crippen LogP contribution in [0.3, 0.4) is 0 Å². The molecule has 4 rings (SSSR count). The number of hydrogen-bond acceptors (Lipinski definition) is 4. The minimum atomic E-state index is -0.0577. The number of amides is 1. The number of aromatic nitrogens is 4. The zero-order valence-corrected chi connectivity index (χ0v) is 12.2. The molecular weight excluding hydrogens is 278 g/mol. The number of hydrogen-bond donors (Lipinski definition) is 0. The van der Waals surface area contributed by atoms with Crippen molar-refractivity contribution in [3.05, 3.63) is 53.7 Å². The molecule has 3 heterocycles. The lowest BCUT2D eigenvalue weighted by Crippen LogP contribution is -2.39. The number of para-hydroxylation sites is 1. The second-order valence-electron chi connectivity index (χ2n) is 5.43. The van der Waals surface area contributed by atoms with Crippen molar-refractivity contribution in [3.63, 3.8) is 0 Å². The first kappa shape index (κ1) is 12.9. The number of benzene rings is 1. The second-order valence-corrected chi connectivity index (χ2v) is 5.43. The van der Waals surface area contributed by atoms with Gasteiger partial charge in [0.05, 0.1) is 12.1 Å². The molecular formula is C16H15N5O. The minimum absolute atomic E-state index is 0.0577. The molecule has 6 nitrogen and oxygen atoms in total. The molecule has 1 aromatic carbocycles. The Balaban J connectivity index is 1.63. The lowest BCUT2D eigenvalue weighted by atomic mass is 10.2. The summed E-state index contributed by atoms with van der Waals surface area (Å²) in [5.41, 5.74) is 1.31. The molecule has 0 atom stereocenters. The zero-order chi connectivity index (χ0) is 15.1. The van der Waals surface area contributed by atoms with Gasteiger partial charge >= 0.3 is 0 Å². The maximum absolute atomic E-state index is 12.7. The molecule has 0 bridgehead atoms. The number of carbonyl (C=O) groups excluding carboxylic acids is 1. The predicted octanol–water partition coefficient (Wildman–Crippen LogP) is 1.79. The summed E-state index contributed by atoms with van der Waals surface area (Å²) in [5, 5.41) is 9.23. The highest BCUT2D eigenvalue weighted by molar-refractivity contribution is 5.94. The lowest BCUT2D eigenvalue weighted by molar-refractivity contribution is 0.0701. The molecule has 0 saturated heterocycles. The van der Waals surface area contributed by atoms with Crippen molar-refractivity contribution in [2.45, 2.75) is 20.0 Å². The van der Waals surface area contributed by atoms with E-state index in [1.54, 1.807) is 11.0 Å². The van der Waals surface area contributed by atoms with E-state index in [0.717, 1.165) is 29.1 Å². The van der Waals surface area contributed by atoms with E-state index in [0.29, 0.717) is 18.8 Å². The summed E-state index contributed by atoms with van der Waals surface area (Å²) in [6.45, 7) is 3.79. The van der Waals surface area contributed by atoms with Gasteiger partial charge in [-0.05, 0) is 19.1 Å². The summed E-state index contributed by atoms with van der Waals surface area (Å²) in [5.74, 6) is 1.67. The van der Waals surface area contributed by atoms with Crippen molar-refractivity contribution in [1.82, 2.24) is 24.6 Å². The van der Waals surface area contributed by atoms with Gasteiger partial charge in [-0.1, -0.05) is 24.3 Å². The van der Waals surface area contributed by atoms with Gasteiger partial charge in [-0.15, -0.1) is 10.2 Å². The van der Waals surface area contributed by atoms with Crippen LogP contribution in [0.15, 0.2) is 36.4 Å². The van der Waals surface area contributed by atoms with Crippen LogP contribution in [0.4, 0.5) is 0 Å². The first-order valence-corrected chi connectivity index (χ1v) is 7.26. The Morgan fingerprint density at radius 2 is 1.95 bits per heavy atom. The summed E-state index contributed by atoms with van der Waals surface area (Å²) in [6, 6.07) is 11.5. The summed E-state index contributed by atoms with van der Waals surface area (Å²) < 4.78 is 2.05. The Labute approximate surface area is 127 Å². The highest BCUT2D eigenvalue weighted by Crippen LogP contribution is 2.17. The van der Waals surface area contributed by atoms with Crippen molar-refractivity contribution in [2.75, 3.05) is 6.54 Å². The SMILES string of the molecule is Cc1nnc2n1CCN(C(=O)c1ccc3ccccc3n1)C2. The molecule has 0 radical (unpaired) electrons. The maximum Gasteiger partial charge on any atom is 0.272 e. The fourth-order valence-electron chi connectivity index (χ4n) is 2.82. The van der Waals surface area contributed by atoms with Gasteiger partial charge in [-0.25, -0.2) is 4.98 Å². The standard InChI is InChI=1S/C16H15N5O/c1-11-18-19-15-10-20(8-9-21(11)15)16(22)14-7-6-12-4-2-3-5-13(12)17-14/h2-7H,8-10H2,1H3. The molecule has 1 aliphatic heterocycles. The van der Waals surface area contributed by atoms with E-state index in [-0.39, 0.29) is 5.91 Å². The van der Waals surface area contributed by atoms with Crippen LogP contribution in [0.1, 0.15) is 22.1 Å². The highest BCUT2D eigenvalue weighted by atomic mass is 16.2. The van der Waals surface area contributed by atoms with E-state index in [1.807, 2.05) is 37.3 Å². The van der Waals surface area contributed by atoms with Crippen LogP contribution in [-0.2, 0) is 13.1 Å². The van der Waals surface area contributed by atoms with Gasteiger partial charge in [0.15, 0.2) is 5.82 Å². The first-order chi connectivity index (χ1) is 10.7. The van der Waals surface area contributed by atoms with Gasteiger partial charge in [0, 0.05) is 18.5 Å². The normalized spacial score (nSPS) is 14.1. The Bertz CT molecular complexity index is 870. The fraction of sp³-hybridized carbons (Fsp3) is 0.250. The molecule has 6 heteroatoms. The fourth-order valence-corrected chi connectivity index (χ4v) is 2.82. The van der Waals surface area contributed by atoms with Gasteiger partial charge in [0.1, 0.15) is 11.5 Å². The van der Waals surface area contributed by atoms with Crippen molar-refractivity contribution in [3.8, 4) is 0 Å². The van der Waals surface area contributed by atoms with Gasteiger partial charge in [-0.3, -0.25) is 4.79 Å². The van der Waals surface area contributed by atoms with Crippen LogP contribution in [0.5, 0.6) is 0 Å². The second kappa shape index (κ2) is 4.91. The molecule has 3 aromatic rings. The average molecular weight is 293 g/mol. The summed E-state index contributed by atoms with van der Waals surface area (Å²) in [7, 11) is 0. The number of rotatable bonds is 1. The monoisotopic (exact) mass is 293 g/mol. The molecule has 0 saturated carbocycles. The molecule has 2 aromatic heterocycles. The van der Waals surface area contributed by atoms with E-state index >= 15 is 0 Å². The third-order valence-electron chi connectivity index (χ3n) is 4.04. The van der Waals surface area contributed by atoms with Crippen LogP contribution < -0.4 is 0 Å². The van der Waals surface area contributed by atoms with Crippen LogP contribution in [0.25, 0.3) is 10.9 Å². The molecule has 0 fully saturated rings. The number of aryl methyl sites for hydroxylation is 1. The summed E-state index contributed by atoms with van der Waals surface area (Å²) in [4.78, 5) is 18.9. The quantitative estimate of drug-likeness (QED) is 0.686. The number of carbonyl (C=O) groups is 1. The molecule has 0 unspecified atom stereocenters. The molecule has 0 aliphatic carbocycles. The number of pyridine rings is 1. The average Bonchev–Trinajstić information content (AvgIpc) is 2.94. The lowest BCUT2D eigenvalue weighted by Gasteiger charge is -2.27. The Hall–Kier alpha value is -2.76. The third kappa shape index (κ3) is 2.04. The summed E-state index contributed by atoms with van der Waals surface area (Å²) in [6.07, 6.45) is 0. The van der Waals surface area contributed by atoms with Gasteiger partial charge in [0.2, 0.25) is 0 Å². The molecule has 1 amide bonds. The van der Waals surface area contributed by atoms with Crippen LogP contribution in [0.2, 0.25) is 0 Å². The maximum atomic E-state index is 12.7. The van der Waals surface area contributed by atoms with Crippen molar-refractivity contribution in [2.24, 2.45) is 0 Å². The van der Waals surface area contributed by atoms with E-state index in [2.05, 4.69) is 19.7 Å². The molecule has 1 aliphatic rings. The highest BCUT2D eigenvalue weighted by Gasteiger charge is 2.24. The molecule has 22 heavy (non-hydrogen) atoms. The Kier molecular flexibility index (Phi) is 2.89. The van der Waals surface area contributed by atoms with Crippen LogP contribution in [0, 0.1) is 6.92 Å². The van der Waals surface area contributed by atoms with Crippen LogP contribution >= 0.6 is 0 Å². The molecule has 0 N–H and O–H groups in total. The van der Waals surface area contributed by atoms with Crippen LogP contribution in [-0.4, -0.2) is 37.1 Å². The minimum Gasteiger partial charge on any atom is -0.328 e. The topological polar surface area (TPSA) is 63.9 Å². The van der Waals surface area contributed by atoms with Gasteiger partial charge in [0.25, 0.3) is 5.91 Å². The van der Waals surface area contributed by atoms with E-state index < -0.39 is 0 Å². The Morgan fingerprint density at radius 3 is 2.86 bits per heavy atom. The van der Waals surface area contributed by atoms with Crippen molar-refractivity contribution >= 4 is 16.8 Å².